The summed E-state index contributed by atoms with van der Waals surface area (Å²) in [6, 6.07) is 4.27. The van der Waals surface area contributed by atoms with Crippen molar-refractivity contribution < 1.29 is 9.53 Å². The van der Waals surface area contributed by atoms with Crippen molar-refractivity contribution in [1.82, 2.24) is 0 Å². The van der Waals surface area contributed by atoms with Crippen LogP contribution >= 0.6 is 22.7 Å². The summed E-state index contributed by atoms with van der Waals surface area (Å²) < 4.78 is 8.25. The molecule has 0 spiro atoms. The van der Waals surface area contributed by atoms with Gasteiger partial charge in [0.05, 0.1) is 0 Å². The van der Waals surface area contributed by atoms with E-state index in [1.165, 1.54) is 52.8 Å². The number of ether oxygens (including phenoxy) is 1. The van der Waals surface area contributed by atoms with Crippen LogP contribution in [0.5, 0.6) is 0 Å². The van der Waals surface area contributed by atoms with Crippen molar-refractivity contribution in [3.05, 3.63) is 21.9 Å². The Morgan fingerprint density at radius 3 is 2.50 bits per heavy atom. The van der Waals surface area contributed by atoms with E-state index in [-0.39, 0.29) is 12.1 Å². The average molecular weight is 365 g/mol. The summed E-state index contributed by atoms with van der Waals surface area (Å²) in [5.41, 5.74) is 0. The molecule has 0 aliphatic heterocycles. The Bertz CT molecular complexity index is 631. The quantitative estimate of drug-likeness (QED) is 0.504. The molecule has 1 aliphatic rings. The number of hydrogen-bond donors (Lipinski definition) is 0. The highest BCUT2D eigenvalue weighted by molar-refractivity contribution is 7.28. The molecule has 0 N–H and O–H groups in total. The lowest BCUT2D eigenvalue weighted by Crippen LogP contribution is -2.24. The van der Waals surface area contributed by atoms with Crippen molar-refractivity contribution in [3.8, 4) is 0 Å². The van der Waals surface area contributed by atoms with Gasteiger partial charge in [0.2, 0.25) is 0 Å². The molecule has 0 radical (unpaired) electrons. The summed E-state index contributed by atoms with van der Waals surface area (Å²) in [5.74, 6) is 0.737. The highest BCUT2D eigenvalue weighted by atomic mass is 32.1. The second-order valence-corrected chi connectivity index (χ2v) is 9.24. The van der Waals surface area contributed by atoms with Gasteiger partial charge < -0.3 is 4.74 Å². The summed E-state index contributed by atoms with van der Waals surface area (Å²) in [5, 5.41) is 0. The number of fused-ring (bicyclic) bond motifs is 1. The van der Waals surface area contributed by atoms with Gasteiger partial charge in [-0.3, -0.25) is 0 Å². The number of carbonyl (C=O) groups is 1. The summed E-state index contributed by atoms with van der Waals surface area (Å²) >= 11 is 3.40. The van der Waals surface area contributed by atoms with E-state index >= 15 is 0 Å². The molecular weight excluding hydrogens is 336 g/mol. The fraction of sp³-hybridized carbons (Fsp3) is 0.650. The Kier molecular flexibility index (Phi) is 6.34. The number of rotatable bonds is 7. The molecule has 2 heterocycles. The topological polar surface area (TPSA) is 26.3 Å². The molecule has 0 aromatic carbocycles. The SMILES string of the molecule is CCCC[C@H]1CC[C@H](OC(=O)c2cc3sc(CCC)cc3s2)CC1. The largest absolute Gasteiger partial charge is 0.458 e. The number of thiophene rings is 2. The predicted molar refractivity (Wildman–Crippen MR) is 104 cm³/mol. The number of esters is 1. The van der Waals surface area contributed by atoms with Gasteiger partial charge in [0.1, 0.15) is 11.0 Å². The van der Waals surface area contributed by atoms with Gasteiger partial charge in [-0.05, 0) is 50.2 Å². The van der Waals surface area contributed by atoms with Crippen molar-refractivity contribution in [2.45, 2.75) is 77.7 Å². The first-order chi connectivity index (χ1) is 11.7. The van der Waals surface area contributed by atoms with Gasteiger partial charge >= 0.3 is 5.97 Å². The van der Waals surface area contributed by atoms with Crippen LogP contribution in [0.15, 0.2) is 12.1 Å². The minimum Gasteiger partial charge on any atom is -0.458 e. The minimum absolute atomic E-state index is 0.113. The van der Waals surface area contributed by atoms with Crippen LogP contribution in [-0.2, 0) is 11.2 Å². The smallest absolute Gasteiger partial charge is 0.348 e. The first kappa shape index (κ1) is 17.9. The van der Waals surface area contributed by atoms with Gasteiger partial charge in [0, 0.05) is 14.3 Å². The molecule has 0 amide bonds. The van der Waals surface area contributed by atoms with E-state index in [1.54, 1.807) is 11.3 Å². The molecule has 24 heavy (non-hydrogen) atoms. The van der Waals surface area contributed by atoms with Crippen molar-refractivity contribution in [3.63, 3.8) is 0 Å². The molecule has 3 rings (SSSR count). The third-order valence-electron chi connectivity index (χ3n) is 4.99. The van der Waals surface area contributed by atoms with E-state index in [9.17, 15) is 4.79 Å². The Hall–Kier alpha value is -0.870. The van der Waals surface area contributed by atoms with Crippen LogP contribution in [0.3, 0.4) is 0 Å². The van der Waals surface area contributed by atoms with Gasteiger partial charge in [-0.15, -0.1) is 22.7 Å². The van der Waals surface area contributed by atoms with Crippen molar-refractivity contribution >= 4 is 38.0 Å². The molecule has 0 atom stereocenters. The van der Waals surface area contributed by atoms with Gasteiger partial charge in [0.15, 0.2) is 0 Å². The first-order valence-electron chi connectivity index (χ1n) is 9.42. The van der Waals surface area contributed by atoms with Crippen molar-refractivity contribution in [1.29, 1.82) is 0 Å². The second-order valence-electron chi connectivity index (χ2n) is 6.99. The molecule has 1 fully saturated rings. The molecule has 4 heteroatoms. The Morgan fingerprint density at radius 1 is 1.08 bits per heavy atom. The number of hydrogen-bond acceptors (Lipinski definition) is 4. The van der Waals surface area contributed by atoms with Gasteiger partial charge in [-0.1, -0.05) is 39.5 Å². The Balaban J connectivity index is 1.53. The number of unbranched alkanes of at least 4 members (excludes halogenated alkanes) is 1. The minimum atomic E-state index is -0.113. The van der Waals surface area contributed by atoms with Crippen molar-refractivity contribution in [2.24, 2.45) is 5.92 Å². The van der Waals surface area contributed by atoms with Crippen LogP contribution in [0.1, 0.15) is 79.8 Å². The summed E-state index contributed by atoms with van der Waals surface area (Å²) in [6.07, 6.45) is 10.9. The lowest BCUT2D eigenvalue weighted by atomic mass is 9.84. The molecule has 132 valence electrons. The summed E-state index contributed by atoms with van der Waals surface area (Å²) in [4.78, 5) is 14.6. The standard InChI is InChI=1S/C20H28O2S2/c1-3-5-7-14-8-10-15(11-9-14)22-20(21)19-13-18-17(24-19)12-16(23-18)6-4-2/h12-15H,3-11H2,1-2H3/t14-,15-. The van der Waals surface area contributed by atoms with Crippen LogP contribution in [-0.4, -0.2) is 12.1 Å². The fourth-order valence-corrected chi connectivity index (χ4v) is 6.00. The first-order valence-corrected chi connectivity index (χ1v) is 11.1. The molecule has 2 nitrogen and oxygen atoms in total. The van der Waals surface area contributed by atoms with Crippen molar-refractivity contribution in [2.75, 3.05) is 0 Å². The highest BCUT2D eigenvalue weighted by Crippen LogP contribution is 2.35. The number of carbonyl (C=O) groups excluding carboxylic acids is 1. The summed E-state index contributed by atoms with van der Waals surface area (Å²) in [6.45, 7) is 4.46. The Morgan fingerprint density at radius 2 is 1.83 bits per heavy atom. The van der Waals surface area contributed by atoms with Crippen LogP contribution in [0, 0.1) is 5.92 Å². The zero-order valence-corrected chi connectivity index (χ0v) is 16.4. The molecule has 2 aromatic rings. The normalized spacial score (nSPS) is 21.2. The van der Waals surface area contributed by atoms with E-state index in [0.717, 1.165) is 30.1 Å². The predicted octanol–water partition coefficient (Wildman–Crippen LogP) is 6.82. The third-order valence-corrected chi connectivity index (χ3v) is 7.32. The maximum atomic E-state index is 12.4. The Labute approximate surface area is 153 Å². The van der Waals surface area contributed by atoms with Crippen LogP contribution in [0.2, 0.25) is 0 Å². The van der Waals surface area contributed by atoms with Crippen LogP contribution in [0.4, 0.5) is 0 Å². The van der Waals surface area contributed by atoms with E-state index in [2.05, 4.69) is 19.9 Å². The number of aryl methyl sites for hydroxylation is 1. The average Bonchev–Trinajstić information content (AvgIpc) is 3.13. The van der Waals surface area contributed by atoms with E-state index < -0.39 is 0 Å². The molecule has 0 bridgehead atoms. The third kappa shape index (κ3) is 4.40. The molecule has 0 saturated heterocycles. The van der Waals surface area contributed by atoms with E-state index in [0.29, 0.717) is 0 Å². The summed E-state index contributed by atoms with van der Waals surface area (Å²) in [7, 11) is 0. The van der Waals surface area contributed by atoms with Gasteiger partial charge in [0.25, 0.3) is 0 Å². The monoisotopic (exact) mass is 364 g/mol. The molecule has 1 aliphatic carbocycles. The maximum Gasteiger partial charge on any atom is 0.348 e. The van der Waals surface area contributed by atoms with E-state index in [4.69, 9.17) is 4.74 Å². The second kappa shape index (κ2) is 8.48. The zero-order valence-electron chi connectivity index (χ0n) is 14.8. The lowest BCUT2D eigenvalue weighted by Gasteiger charge is -2.28. The lowest BCUT2D eigenvalue weighted by molar-refractivity contribution is 0.0166. The van der Waals surface area contributed by atoms with Gasteiger partial charge in [-0.2, -0.15) is 0 Å². The highest BCUT2D eigenvalue weighted by Gasteiger charge is 2.25. The van der Waals surface area contributed by atoms with Gasteiger partial charge in [-0.25, -0.2) is 4.79 Å². The van der Waals surface area contributed by atoms with Crippen LogP contribution < -0.4 is 0 Å². The molecular formula is C20H28O2S2. The molecule has 0 unspecified atom stereocenters. The maximum absolute atomic E-state index is 12.4. The van der Waals surface area contributed by atoms with E-state index in [1.807, 2.05) is 17.4 Å². The van der Waals surface area contributed by atoms with Crippen LogP contribution in [0.25, 0.3) is 9.40 Å². The zero-order chi connectivity index (χ0) is 16.9. The molecule has 1 saturated carbocycles. The molecule has 2 aromatic heterocycles. The fourth-order valence-electron chi connectivity index (χ4n) is 3.60.